The highest BCUT2D eigenvalue weighted by atomic mass is 31.2. The maximum Gasteiger partial charge on any atom is 0.472 e. The van der Waals surface area contributed by atoms with E-state index < -0.39 is 97.5 Å². The van der Waals surface area contributed by atoms with E-state index in [-0.39, 0.29) is 25.7 Å². The van der Waals surface area contributed by atoms with Gasteiger partial charge in [0.25, 0.3) is 0 Å². The second-order valence-corrected chi connectivity index (χ2v) is 27.4. The Morgan fingerprint density at radius 2 is 0.558 bits per heavy atom. The van der Waals surface area contributed by atoms with Gasteiger partial charge in [0.2, 0.25) is 0 Å². The van der Waals surface area contributed by atoms with Crippen molar-refractivity contribution in [3.63, 3.8) is 0 Å². The van der Waals surface area contributed by atoms with Crippen molar-refractivity contribution in [1.29, 1.82) is 0 Å². The van der Waals surface area contributed by atoms with E-state index in [1.807, 2.05) is 0 Å². The molecule has 0 aliphatic carbocycles. The second-order valence-electron chi connectivity index (χ2n) is 24.5. The van der Waals surface area contributed by atoms with Gasteiger partial charge in [-0.2, -0.15) is 0 Å². The standard InChI is InChI=1S/C67H130O17P2/c1-6-10-13-16-19-22-24-25-26-27-32-36-41-46-51-65(70)78-57-63(84-67(72)53-48-43-38-33-29-28-30-34-39-44-49-60(5)9-4)59-82-86(75,76)80-55-61(68)54-79-85(73,74)81-58-62(56-77-64(69)50-45-40-35-21-18-15-12-8-3)83-66(71)52-47-42-37-31-23-20-17-14-11-7-2/h60-63,68H,6-59H2,1-5H3,(H,73,74)(H,75,76)/t60?,61-,62+,63+/m0/s1. The zero-order valence-corrected chi connectivity index (χ0v) is 57.2. The largest absolute Gasteiger partial charge is 0.472 e. The summed E-state index contributed by atoms with van der Waals surface area (Å²) in [6, 6.07) is 0. The van der Waals surface area contributed by atoms with Crippen molar-refractivity contribution < 1.29 is 80.2 Å². The van der Waals surface area contributed by atoms with E-state index in [0.29, 0.717) is 25.7 Å². The van der Waals surface area contributed by atoms with Gasteiger partial charge < -0.3 is 33.8 Å². The highest BCUT2D eigenvalue weighted by Crippen LogP contribution is 2.45. The Balaban J connectivity index is 5.22. The summed E-state index contributed by atoms with van der Waals surface area (Å²) in [6.07, 6.45) is 45.7. The number of aliphatic hydroxyl groups is 1. The van der Waals surface area contributed by atoms with Crippen LogP contribution < -0.4 is 0 Å². The first kappa shape index (κ1) is 84.1. The Morgan fingerprint density at radius 1 is 0.326 bits per heavy atom. The predicted octanol–water partition coefficient (Wildman–Crippen LogP) is 19.0. The van der Waals surface area contributed by atoms with Crippen LogP contribution in [-0.4, -0.2) is 96.7 Å². The molecule has 6 atom stereocenters. The summed E-state index contributed by atoms with van der Waals surface area (Å²) in [5, 5.41) is 10.6. The first-order chi connectivity index (χ1) is 41.6. The average Bonchev–Trinajstić information content (AvgIpc) is 3.71. The quantitative estimate of drug-likeness (QED) is 0.0222. The van der Waals surface area contributed by atoms with E-state index in [4.69, 9.17) is 37.0 Å². The Hall–Kier alpha value is -1.94. The third-order valence-corrected chi connectivity index (χ3v) is 17.8. The molecular formula is C67H130O17P2. The van der Waals surface area contributed by atoms with Crippen molar-refractivity contribution in [3.05, 3.63) is 0 Å². The van der Waals surface area contributed by atoms with Crippen LogP contribution in [0.2, 0.25) is 0 Å². The highest BCUT2D eigenvalue weighted by molar-refractivity contribution is 7.47. The molecule has 0 saturated heterocycles. The van der Waals surface area contributed by atoms with Crippen molar-refractivity contribution in [2.45, 2.75) is 361 Å². The fourth-order valence-electron chi connectivity index (χ4n) is 10.1. The Kier molecular flexibility index (Phi) is 59.2. The van der Waals surface area contributed by atoms with Crippen molar-refractivity contribution in [2.24, 2.45) is 5.92 Å². The minimum Gasteiger partial charge on any atom is -0.462 e. The topological polar surface area (TPSA) is 237 Å². The summed E-state index contributed by atoms with van der Waals surface area (Å²) in [7, 11) is -9.89. The van der Waals surface area contributed by atoms with Crippen LogP contribution >= 0.6 is 15.6 Å². The number of rotatable bonds is 67. The van der Waals surface area contributed by atoms with Crippen LogP contribution in [0.15, 0.2) is 0 Å². The third-order valence-electron chi connectivity index (χ3n) is 15.9. The number of hydrogen-bond acceptors (Lipinski definition) is 15. The lowest BCUT2D eigenvalue weighted by atomic mass is 9.99. The number of aliphatic hydroxyl groups excluding tert-OH is 1. The van der Waals surface area contributed by atoms with Gasteiger partial charge in [-0.25, -0.2) is 9.13 Å². The molecule has 0 amide bonds. The maximum absolute atomic E-state index is 13.0. The third kappa shape index (κ3) is 59.7. The van der Waals surface area contributed by atoms with Gasteiger partial charge in [-0.15, -0.1) is 0 Å². The molecule has 0 radical (unpaired) electrons. The van der Waals surface area contributed by atoms with E-state index >= 15 is 0 Å². The van der Waals surface area contributed by atoms with Gasteiger partial charge in [0.1, 0.15) is 19.3 Å². The van der Waals surface area contributed by atoms with Crippen molar-refractivity contribution in [2.75, 3.05) is 39.6 Å². The number of phosphoric ester groups is 2. The number of unbranched alkanes of at least 4 members (excludes halogenated alkanes) is 38. The molecule has 86 heavy (non-hydrogen) atoms. The monoisotopic (exact) mass is 1270 g/mol. The lowest BCUT2D eigenvalue weighted by molar-refractivity contribution is -0.161. The Bertz CT molecular complexity index is 1670. The molecule has 0 aromatic heterocycles. The minimum atomic E-state index is -4.95. The zero-order chi connectivity index (χ0) is 63.5. The summed E-state index contributed by atoms with van der Waals surface area (Å²) >= 11 is 0. The molecule has 0 aromatic rings. The summed E-state index contributed by atoms with van der Waals surface area (Å²) in [6.45, 7) is 7.22. The number of ether oxygens (including phenoxy) is 4. The van der Waals surface area contributed by atoms with Crippen molar-refractivity contribution >= 4 is 39.5 Å². The summed E-state index contributed by atoms with van der Waals surface area (Å²) in [5.41, 5.74) is 0. The van der Waals surface area contributed by atoms with Crippen LogP contribution in [0, 0.1) is 5.92 Å². The highest BCUT2D eigenvalue weighted by Gasteiger charge is 2.30. The summed E-state index contributed by atoms with van der Waals surface area (Å²) in [4.78, 5) is 72.3. The number of phosphoric acid groups is 2. The van der Waals surface area contributed by atoms with Crippen LogP contribution in [0.5, 0.6) is 0 Å². The van der Waals surface area contributed by atoms with Crippen LogP contribution in [-0.2, 0) is 65.4 Å². The molecule has 3 unspecified atom stereocenters. The van der Waals surface area contributed by atoms with Gasteiger partial charge in [0.15, 0.2) is 12.2 Å². The SMILES string of the molecule is CCCCCCCCCCCCCCCCC(=O)OC[C@H](COP(=O)(O)OC[C@@H](O)COP(=O)(O)OC[C@@H](COC(=O)CCCCCCCCCC)OC(=O)CCCCCCCCCCCC)OC(=O)CCCCCCCCCCCCC(C)CC. The maximum atomic E-state index is 13.0. The lowest BCUT2D eigenvalue weighted by Crippen LogP contribution is -2.30. The molecule has 0 aromatic carbocycles. The molecule has 19 heteroatoms. The zero-order valence-electron chi connectivity index (χ0n) is 55.4. The van der Waals surface area contributed by atoms with Gasteiger partial charge in [-0.1, -0.05) is 291 Å². The normalized spacial score (nSPS) is 14.5. The van der Waals surface area contributed by atoms with E-state index in [9.17, 15) is 43.2 Å². The first-order valence-corrected chi connectivity index (χ1v) is 38.2. The molecule has 17 nitrogen and oxygen atoms in total. The summed E-state index contributed by atoms with van der Waals surface area (Å²) in [5.74, 6) is -1.33. The fourth-order valence-corrected chi connectivity index (χ4v) is 11.7. The number of carbonyl (C=O) groups is 4. The van der Waals surface area contributed by atoms with Crippen molar-refractivity contribution in [3.8, 4) is 0 Å². The number of esters is 4. The molecule has 0 rings (SSSR count). The van der Waals surface area contributed by atoms with E-state index in [0.717, 1.165) is 102 Å². The molecule has 510 valence electrons. The number of carbonyl (C=O) groups excluding carboxylic acids is 4. The van der Waals surface area contributed by atoms with Crippen LogP contribution in [0.4, 0.5) is 0 Å². The minimum absolute atomic E-state index is 0.106. The Labute approximate surface area is 524 Å². The molecule has 3 N–H and O–H groups in total. The van der Waals surface area contributed by atoms with Crippen molar-refractivity contribution in [1.82, 2.24) is 0 Å². The molecule has 0 heterocycles. The molecule has 0 spiro atoms. The molecule has 0 saturated carbocycles. The van der Waals surface area contributed by atoms with Gasteiger partial charge in [0, 0.05) is 25.7 Å². The fraction of sp³-hybridized carbons (Fsp3) is 0.940. The molecule has 0 aliphatic rings. The molecular weight excluding hydrogens is 1140 g/mol. The molecule has 0 bridgehead atoms. The van der Waals surface area contributed by atoms with Crippen LogP contribution in [0.3, 0.4) is 0 Å². The Morgan fingerprint density at radius 3 is 0.826 bits per heavy atom. The van der Waals surface area contributed by atoms with E-state index in [2.05, 4.69) is 34.6 Å². The average molecular weight is 1270 g/mol. The molecule has 0 aliphatic heterocycles. The van der Waals surface area contributed by atoms with Crippen LogP contribution in [0.25, 0.3) is 0 Å². The first-order valence-electron chi connectivity index (χ1n) is 35.2. The smallest absolute Gasteiger partial charge is 0.462 e. The van der Waals surface area contributed by atoms with Gasteiger partial charge >= 0.3 is 39.5 Å². The van der Waals surface area contributed by atoms with Gasteiger partial charge in [0.05, 0.1) is 26.4 Å². The van der Waals surface area contributed by atoms with Gasteiger partial charge in [-0.3, -0.25) is 37.3 Å². The van der Waals surface area contributed by atoms with E-state index in [1.54, 1.807) is 0 Å². The molecule has 0 fully saturated rings. The number of hydrogen-bond donors (Lipinski definition) is 3. The second kappa shape index (κ2) is 60.6. The van der Waals surface area contributed by atoms with Gasteiger partial charge in [-0.05, 0) is 31.6 Å². The van der Waals surface area contributed by atoms with E-state index in [1.165, 1.54) is 161 Å². The lowest BCUT2D eigenvalue weighted by Gasteiger charge is -2.21. The predicted molar refractivity (Wildman–Crippen MR) is 345 cm³/mol. The van der Waals surface area contributed by atoms with Crippen LogP contribution in [0.1, 0.15) is 343 Å². The summed E-state index contributed by atoms with van der Waals surface area (Å²) < 4.78 is 68.1.